The standard InChI is InChI=1S/C13H22N2O3S/c1-3-5-10-8-12(10)15-19(16,17)13-7-6-11(18-13)9-14-4-2/h6-7,10,12,14-15H,3-5,8-9H2,1-2H3. The van der Waals surface area contributed by atoms with E-state index in [1.807, 2.05) is 6.92 Å². The van der Waals surface area contributed by atoms with E-state index in [-0.39, 0.29) is 11.1 Å². The zero-order valence-corrected chi connectivity index (χ0v) is 12.3. The SMILES string of the molecule is CCCC1CC1NS(=O)(=O)c1ccc(CNCC)o1. The van der Waals surface area contributed by atoms with Gasteiger partial charge in [-0.15, -0.1) is 0 Å². The Balaban J connectivity index is 1.94. The second kappa shape index (κ2) is 6.07. The minimum atomic E-state index is -3.50. The Hall–Kier alpha value is -0.850. The van der Waals surface area contributed by atoms with Crippen LogP contribution in [0.3, 0.4) is 0 Å². The Bertz CT molecular complexity index is 510. The lowest BCUT2D eigenvalue weighted by Gasteiger charge is -2.03. The molecule has 1 aliphatic carbocycles. The van der Waals surface area contributed by atoms with E-state index < -0.39 is 10.0 Å². The number of hydrogen-bond acceptors (Lipinski definition) is 4. The van der Waals surface area contributed by atoms with Crippen LogP contribution in [-0.2, 0) is 16.6 Å². The van der Waals surface area contributed by atoms with E-state index in [0.717, 1.165) is 25.8 Å². The van der Waals surface area contributed by atoms with Gasteiger partial charge in [0, 0.05) is 6.04 Å². The Kier molecular flexibility index (Phi) is 4.65. The number of furan rings is 1. The van der Waals surface area contributed by atoms with Crippen molar-refractivity contribution in [1.82, 2.24) is 10.0 Å². The third-order valence-corrected chi connectivity index (χ3v) is 4.70. The summed E-state index contributed by atoms with van der Waals surface area (Å²) in [6.07, 6.45) is 3.12. The average Bonchev–Trinajstić information content (AvgIpc) is 2.91. The molecule has 0 spiro atoms. The number of rotatable bonds is 8. The minimum Gasteiger partial charge on any atom is -0.447 e. The predicted molar refractivity (Wildman–Crippen MR) is 73.2 cm³/mol. The molecule has 1 aromatic rings. The Morgan fingerprint density at radius 3 is 2.84 bits per heavy atom. The molecule has 2 atom stereocenters. The highest BCUT2D eigenvalue weighted by Gasteiger charge is 2.39. The maximum Gasteiger partial charge on any atom is 0.274 e. The van der Waals surface area contributed by atoms with Gasteiger partial charge in [-0.25, -0.2) is 13.1 Å². The van der Waals surface area contributed by atoms with Crippen LogP contribution >= 0.6 is 0 Å². The first-order valence-electron chi connectivity index (χ1n) is 6.88. The summed E-state index contributed by atoms with van der Waals surface area (Å²) in [6, 6.07) is 3.31. The normalized spacial score (nSPS) is 22.6. The summed E-state index contributed by atoms with van der Waals surface area (Å²) >= 11 is 0. The summed E-state index contributed by atoms with van der Waals surface area (Å²) in [5.41, 5.74) is 0. The third kappa shape index (κ3) is 3.81. The largest absolute Gasteiger partial charge is 0.447 e. The molecule has 0 amide bonds. The average molecular weight is 286 g/mol. The monoisotopic (exact) mass is 286 g/mol. The molecule has 6 heteroatoms. The fourth-order valence-electron chi connectivity index (χ4n) is 2.19. The molecular formula is C13H22N2O3S. The summed E-state index contributed by atoms with van der Waals surface area (Å²) in [4.78, 5) is 0. The first-order chi connectivity index (χ1) is 9.06. The van der Waals surface area contributed by atoms with Crippen molar-refractivity contribution in [2.75, 3.05) is 6.54 Å². The van der Waals surface area contributed by atoms with Crippen molar-refractivity contribution >= 4 is 10.0 Å². The second-order valence-electron chi connectivity index (χ2n) is 5.01. The number of hydrogen-bond donors (Lipinski definition) is 2. The van der Waals surface area contributed by atoms with E-state index in [9.17, 15) is 8.42 Å². The summed E-state index contributed by atoms with van der Waals surface area (Å²) in [6.45, 7) is 5.47. The van der Waals surface area contributed by atoms with Gasteiger partial charge in [-0.2, -0.15) is 0 Å². The molecule has 1 fully saturated rings. The fourth-order valence-corrected chi connectivity index (χ4v) is 3.45. The van der Waals surface area contributed by atoms with Gasteiger partial charge in [-0.1, -0.05) is 20.3 Å². The predicted octanol–water partition coefficient (Wildman–Crippen LogP) is 1.86. The highest BCUT2D eigenvalue weighted by molar-refractivity contribution is 7.89. The van der Waals surface area contributed by atoms with Crippen molar-refractivity contribution in [3.05, 3.63) is 17.9 Å². The zero-order valence-electron chi connectivity index (χ0n) is 11.5. The van der Waals surface area contributed by atoms with Gasteiger partial charge in [-0.05, 0) is 37.4 Å². The van der Waals surface area contributed by atoms with E-state index in [1.54, 1.807) is 6.07 Å². The molecule has 0 aromatic carbocycles. The summed E-state index contributed by atoms with van der Waals surface area (Å²) in [5.74, 6) is 1.14. The van der Waals surface area contributed by atoms with Crippen LogP contribution in [0, 0.1) is 5.92 Å². The van der Waals surface area contributed by atoms with Crippen LogP contribution < -0.4 is 10.0 Å². The molecule has 0 bridgehead atoms. The molecule has 0 saturated heterocycles. The van der Waals surface area contributed by atoms with Crippen molar-refractivity contribution < 1.29 is 12.8 Å². The van der Waals surface area contributed by atoms with Gasteiger partial charge in [-0.3, -0.25) is 0 Å². The Morgan fingerprint density at radius 2 is 2.16 bits per heavy atom. The molecule has 19 heavy (non-hydrogen) atoms. The third-order valence-electron chi connectivity index (χ3n) is 3.34. The fraction of sp³-hybridized carbons (Fsp3) is 0.692. The first kappa shape index (κ1) is 14.6. The van der Waals surface area contributed by atoms with Crippen LogP contribution in [0.25, 0.3) is 0 Å². The summed E-state index contributed by atoms with van der Waals surface area (Å²) in [7, 11) is -3.50. The molecule has 1 aromatic heterocycles. The molecule has 108 valence electrons. The van der Waals surface area contributed by atoms with E-state index >= 15 is 0 Å². The molecule has 1 saturated carbocycles. The second-order valence-corrected chi connectivity index (χ2v) is 6.66. The van der Waals surface area contributed by atoms with Gasteiger partial charge in [0.2, 0.25) is 5.09 Å². The van der Waals surface area contributed by atoms with Crippen molar-refractivity contribution in [3.8, 4) is 0 Å². The Labute approximate surface area is 114 Å². The van der Waals surface area contributed by atoms with Gasteiger partial charge < -0.3 is 9.73 Å². The van der Waals surface area contributed by atoms with Crippen LogP contribution in [0.1, 0.15) is 38.9 Å². The van der Waals surface area contributed by atoms with E-state index in [2.05, 4.69) is 17.0 Å². The van der Waals surface area contributed by atoms with Crippen LogP contribution in [-0.4, -0.2) is 21.0 Å². The number of sulfonamides is 1. The maximum absolute atomic E-state index is 12.1. The van der Waals surface area contributed by atoms with Crippen LogP contribution in [0.2, 0.25) is 0 Å². The van der Waals surface area contributed by atoms with Gasteiger partial charge in [0.15, 0.2) is 0 Å². The lowest BCUT2D eigenvalue weighted by molar-refractivity contribution is 0.401. The molecule has 5 nitrogen and oxygen atoms in total. The molecular weight excluding hydrogens is 264 g/mol. The molecule has 2 rings (SSSR count). The smallest absolute Gasteiger partial charge is 0.274 e. The molecule has 0 aliphatic heterocycles. The summed E-state index contributed by atoms with van der Waals surface area (Å²) in [5, 5.41) is 3.11. The zero-order chi connectivity index (χ0) is 13.9. The van der Waals surface area contributed by atoms with Gasteiger partial charge >= 0.3 is 0 Å². The topological polar surface area (TPSA) is 71.3 Å². The lowest BCUT2D eigenvalue weighted by Crippen LogP contribution is -2.26. The summed E-state index contributed by atoms with van der Waals surface area (Å²) < 4.78 is 32.3. The van der Waals surface area contributed by atoms with E-state index in [1.165, 1.54) is 6.07 Å². The number of nitrogens with one attached hydrogen (secondary N) is 2. The maximum atomic E-state index is 12.1. The lowest BCUT2D eigenvalue weighted by atomic mass is 10.2. The molecule has 2 unspecified atom stereocenters. The van der Waals surface area contributed by atoms with Crippen LogP contribution in [0.5, 0.6) is 0 Å². The molecule has 2 N–H and O–H groups in total. The van der Waals surface area contributed by atoms with E-state index in [0.29, 0.717) is 18.2 Å². The molecule has 0 radical (unpaired) electrons. The highest BCUT2D eigenvalue weighted by atomic mass is 32.2. The quantitative estimate of drug-likeness (QED) is 0.765. The molecule has 1 aliphatic rings. The van der Waals surface area contributed by atoms with Crippen LogP contribution in [0.15, 0.2) is 21.6 Å². The van der Waals surface area contributed by atoms with Crippen molar-refractivity contribution in [1.29, 1.82) is 0 Å². The van der Waals surface area contributed by atoms with Gasteiger partial charge in [0.1, 0.15) is 5.76 Å². The van der Waals surface area contributed by atoms with Crippen molar-refractivity contribution in [2.24, 2.45) is 5.92 Å². The van der Waals surface area contributed by atoms with E-state index in [4.69, 9.17) is 4.42 Å². The highest BCUT2D eigenvalue weighted by Crippen LogP contribution is 2.35. The van der Waals surface area contributed by atoms with Gasteiger partial charge in [0.05, 0.1) is 6.54 Å². The van der Waals surface area contributed by atoms with Gasteiger partial charge in [0.25, 0.3) is 10.0 Å². The van der Waals surface area contributed by atoms with Crippen molar-refractivity contribution in [3.63, 3.8) is 0 Å². The van der Waals surface area contributed by atoms with Crippen molar-refractivity contribution in [2.45, 2.75) is 50.8 Å². The first-order valence-corrected chi connectivity index (χ1v) is 8.37. The Morgan fingerprint density at radius 1 is 1.37 bits per heavy atom. The minimum absolute atomic E-state index is 0.0163. The van der Waals surface area contributed by atoms with Crippen LogP contribution in [0.4, 0.5) is 0 Å². The molecule has 1 heterocycles.